The van der Waals surface area contributed by atoms with Crippen molar-refractivity contribution in [3.8, 4) is 18.1 Å². The standard InChI is InChI=1S/C25H30N4O3/c1-3-15-32-20-9-5-17(6-10-20)11-13-28-25(26-2)27-12-4-14-29-23(30)21-18-7-8-19(16-18)22(21)24(29)31/h1,5-10,18-19,21-22H,4,11-16H2,2H3,(H2,26,27,28). The molecule has 1 saturated carbocycles. The number of hydrogen-bond acceptors (Lipinski definition) is 4. The fraction of sp³-hybridized carbons (Fsp3) is 0.480. The van der Waals surface area contributed by atoms with Gasteiger partial charge < -0.3 is 15.4 Å². The van der Waals surface area contributed by atoms with Crippen LogP contribution >= 0.6 is 0 Å². The van der Waals surface area contributed by atoms with Crippen LogP contribution in [0.2, 0.25) is 0 Å². The summed E-state index contributed by atoms with van der Waals surface area (Å²) in [6, 6.07) is 7.86. The molecule has 1 heterocycles. The molecular weight excluding hydrogens is 404 g/mol. The van der Waals surface area contributed by atoms with Crippen molar-refractivity contribution in [1.29, 1.82) is 0 Å². The van der Waals surface area contributed by atoms with Gasteiger partial charge in [0.2, 0.25) is 11.8 Å². The number of nitrogens with one attached hydrogen (secondary N) is 2. The van der Waals surface area contributed by atoms with Gasteiger partial charge in [0.15, 0.2) is 5.96 Å². The van der Waals surface area contributed by atoms with E-state index in [0.29, 0.717) is 25.5 Å². The van der Waals surface area contributed by atoms with Gasteiger partial charge in [0, 0.05) is 26.7 Å². The van der Waals surface area contributed by atoms with Crippen LogP contribution in [0.3, 0.4) is 0 Å². The van der Waals surface area contributed by atoms with Gasteiger partial charge in [-0.05, 0) is 48.8 Å². The Morgan fingerprint density at radius 1 is 1.12 bits per heavy atom. The molecule has 3 aliphatic rings. The second-order valence-electron chi connectivity index (χ2n) is 8.49. The van der Waals surface area contributed by atoms with E-state index in [1.807, 2.05) is 24.3 Å². The minimum atomic E-state index is -0.113. The molecule has 0 aromatic heterocycles. The van der Waals surface area contributed by atoms with Gasteiger partial charge in [0.25, 0.3) is 0 Å². The third-order valence-corrected chi connectivity index (χ3v) is 6.59. The van der Waals surface area contributed by atoms with E-state index in [-0.39, 0.29) is 42.1 Å². The maximum Gasteiger partial charge on any atom is 0.233 e. The Kier molecular flexibility index (Phi) is 6.79. The zero-order valence-electron chi connectivity index (χ0n) is 18.4. The lowest BCUT2D eigenvalue weighted by Gasteiger charge is -2.18. The zero-order chi connectivity index (χ0) is 22.5. The van der Waals surface area contributed by atoms with Crippen LogP contribution in [-0.4, -0.2) is 56.0 Å². The summed E-state index contributed by atoms with van der Waals surface area (Å²) in [4.78, 5) is 31.2. The van der Waals surface area contributed by atoms with E-state index in [9.17, 15) is 9.59 Å². The maximum absolute atomic E-state index is 12.7. The van der Waals surface area contributed by atoms with Crippen LogP contribution in [0.15, 0.2) is 41.4 Å². The van der Waals surface area contributed by atoms with Crippen molar-refractivity contribution in [1.82, 2.24) is 15.5 Å². The van der Waals surface area contributed by atoms with Crippen molar-refractivity contribution in [2.75, 3.05) is 33.3 Å². The van der Waals surface area contributed by atoms with E-state index in [0.717, 1.165) is 25.1 Å². The second kappa shape index (κ2) is 9.90. The Morgan fingerprint density at radius 3 is 2.41 bits per heavy atom. The molecule has 7 nitrogen and oxygen atoms in total. The molecule has 1 aliphatic heterocycles. The first-order valence-corrected chi connectivity index (χ1v) is 11.3. The Labute approximate surface area is 189 Å². The van der Waals surface area contributed by atoms with Crippen LogP contribution in [0.4, 0.5) is 0 Å². The van der Waals surface area contributed by atoms with E-state index in [1.165, 1.54) is 10.5 Å². The number of aliphatic imine (C=N–C) groups is 1. The topological polar surface area (TPSA) is 83.0 Å². The molecule has 7 heteroatoms. The Morgan fingerprint density at radius 2 is 1.78 bits per heavy atom. The molecule has 1 aromatic carbocycles. The van der Waals surface area contributed by atoms with E-state index in [4.69, 9.17) is 11.2 Å². The third kappa shape index (κ3) is 4.50. The van der Waals surface area contributed by atoms with E-state index in [1.54, 1.807) is 7.05 Å². The number of likely N-dealkylation sites (tertiary alicyclic amines) is 1. The molecule has 2 amide bonds. The highest BCUT2D eigenvalue weighted by molar-refractivity contribution is 6.06. The summed E-state index contributed by atoms with van der Waals surface area (Å²) < 4.78 is 5.38. The summed E-state index contributed by atoms with van der Waals surface area (Å²) in [5.74, 6) is 4.27. The van der Waals surface area contributed by atoms with Crippen molar-refractivity contribution in [3.63, 3.8) is 0 Å². The largest absolute Gasteiger partial charge is 0.481 e. The Balaban J connectivity index is 1.15. The number of terminal acetylenes is 1. The SMILES string of the molecule is C#CCOc1ccc(CCNC(=NC)NCCCN2C(=O)C3C4C=CC(C4)C3C2=O)cc1. The summed E-state index contributed by atoms with van der Waals surface area (Å²) >= 11 is 0. The second-order valence-corrected chi connectivity index (χ2v) is 8.49. The summed E-state index contributed by atoms with van der Waals surface area (Å²) in [7, 11) is 1.73. The first-order chi connectivity index (χ1) is 15.6. The van der Waals surface area contributed by atoms with Gasteiger partial charge in [-0.3, -0.25) is 19.5 Å². The number of fused-ring (bicyclic) bond motifs is 5. The number of ether oxygens (including phenoxy) is 1. The van der Waals surface area contributed by atoms with Gasteiger partial charge >= 0.3 is 0 Å². The summed E-state index contributed by atoms with van der Waals surface area (Å²) in [6.07, 6.45) is 11.9. The lowest BCUT2D eigenvalue weighted by molar-refractivity contribution is -0.140. The molecule has 0 radical (unpaired) electrons. The average Bonchev–Trinajstić information content (AvgIpc) is 3.49. The molecule has 2 aliphatic carbocycles. The van der Waals surface area contributed by atoms with Gasteiger partial charge in [-0.2, -0.15) is 0 Å². The number of benzene rings is 1. The van der Waals surface area contributed by atoms with E-state index < -0.39 is 0 Å². The van der Waals surface area contributed by atoms with E-state index in [2.05, 4.69) is 33.7 Å². The number of nitrogens with zero attached hydrogens (tertiary/aromatic N) is 2. The molecule has 1 saturated heterocycles. The van der Waals surface area contributed by atoms with Crippen molar-refractivity contribution >= 4 is 17.8 Å². The molecule has 4 unspecified atom stereocenters. The first kappa shape index (κ1) is 21.9. The third-order valence-electron chi connectivity index (χ3n) is 6.59. The van der Waals surface area contributed by atoms with Crippen LogP contribution in [0.1, 0.15) is 18.4 Å². The molecule has 4 atom stereocenters. The fourth-order valence-electron chi connectivity index (χ4n) is 5.05. The summed E-state index contributed by atoms with van der Waals surface area (Å²) in [5, 5.41) is 6.55. The molecule has 0 spiro atoms. The lowest BCUT2D eigenvalue weighted by atomic mass is 9.85. The monoisotopic (exact) mass is 434 g/mol. The van der Waals surface area contributed by atoms with Gasteiger partial charge in [-0.25, -0.2) is 0 Å². The van der Waals surface area contributed by atoms with Gasteiger partial charge in [0.05, 0.1) is 11.8 Å². The van der Waals surface area contributed by atoms with Gasteiger partial charge in [-0.1, -0.05) is 30.2 Å². The molecule has 2 fully saturated rings. The normalized spacial score (nSPS) is 25.8. The highest BCUT2D eigenvalue weighted by atomic mass is 16.5. The number of carbonyl (C=O) groups excluding carboxylic acids is 2. The van der Waals surface area contributed by atoms with Crippen LogP contribution in [0.5, 0.6) is 5.75 Å². The van der Waals surface area contributed by atoms with Gasteiger partial charge in [-0.15, -0.1) is 6.42 Å². The Hall–Kier alpha value is -3.27. The smallest absolute Gasteiger partial charge is 0.233 e. The molecule has 1 aromatic rings. The summed E-state index contributed by atoms with van der Waals surface area (Å²) in [6.45, 7) is 2.09. The number of guanidine groups is 1. The molecule has 2 N–H and O–H groups in total. The predicted octanol–water partition coefficient (Wildman–Crippen LogP) is 1.60. The molecular formula is C25H30N4O3. The minimum absolute atomic E-state index is 0.0232. The predicted molar refractivity (Wildman–Crippen MR) is 123 cm³/mol. The Bertz CT molecular complexity index is 917. The van der Waals surface area contributed by atoms with Crippen molar-refractivity contribution in [2.45, 2.75) is 19.3 Å². The number of rotatable bonds is 9. The quantitative estimate of drug-likeness (QED) is 0.154. The number of imide groups is 1. The highest BCUT2D eigenvalue weighted by Crippen LogP contribution is 2.52. The molecule has 168 valence electrons. The van der Waals surface area contributed by atoms with Gasteiger partial charge in [0.1, 0.15) is 12.4 Å². The fourth-order valence-corrected chi connectivity index (χ4v) is 5.05. The highest BCUT2D eigenvalue weighted by Gasteiger charge is 2.58. The first-order valence-electron chi connectivity index (χ1n) is 11.3. The van der Waals surface area contributed by atoms with Crippen molar-refractivity contribution < 1.29 is 14.3 Å². The van der Waals surface area contributed by atoms with Crippen molar-refractivity contribution in [2.24, 2.45) is 28.7 Å². The number of hydrogen-bond donors (Lipinski definition) is 2. The average molecular weight is 435 g/mol. The molecule has 4 rings (SSSR count). The zero-order valence-corrected chi connectivity index (χ0v) is 18.4. The van der Waals surface area contributed by atoms with Crippen LogP contribution in [-0.2, 0) is 16.0 Å². The molecule has 32 heavy (non-hydrogen) atoms. The van der Waals surface area contributed by atoms with Crippen LogP contribution in [0.25, 0.3) is 0 Å². The number of carbonyl (C=O) groups is 2. The van der Waals surface area contributed by atoms with Crippen LogP contribution < -0.4 is 15.4 Å². The molecule has 2 bridgehead atoms. The maximum atomic E-state index is 12.7. The lowest BCUT2D eigenvalue weighted by Crippen LogP contribution is -2.40. The number of amides is 2. The minimum Gasteiger partial charge on any atom is -0.481 e. The number of allylic oxidation sites excluding steroid dienone is 2. The van der Waals surface area contributed by atoms with Crippen LogP contribution in [0, 0.1) is 36.0 Å². The summed E-state index contributed by atoms with van der Waals surface area (Å²) in [5.41, 5.74) is 1.18. The van der Waals surface area contributed by atoms with E-state index >= 15 is 0 Å². The van der Waals surface area contributed by atoms with Crippen molar-refractivity contribution in [3.05, 3.63) is 42.0 Å².